The maximum Gasteiger partial charge on any atom is 0.335 e. The molecule has 1 aromatic carbocycles. The Kier molecular flexibility index (Phi) is 4.35. The standard InChI is InChI=1S/C13H14BrNO2S/c1-8-11(7-18-5-4-14)10-6-9(13(16)17)2-3-12(10)15-8/h2-3,6,15H,4-5,7H2,1H3,(H,16,17). The highest BCUT2D eigenvalue weighted by atomic mass is 79.9. The highest BCUT2D eigenvalue weighted by Crippen LogP contribution is 2.27. The monoisotopic (exact) mass is 327 g/mol. The molecule has 0 aliphatic heterocycles. The van der Waals surface area contributed by atoms with Gasteiger partial charge in [0.15, 0.2) is 0 Å². The number of halogens is 1. The third kappa shape index (κ3) is 2.72. The number of H-pyrrole nitrogens is 1. The summed E-state index contributed by atoms with van der Waals surface area (Å²) < 4.78 is 0. The first-order valence-electron chi connectivity index (χ1n) is 5.61. The molecule has 2 N–H and O–H groups in total. The molecule has 0 saturated heterocycles. The summed E-state index contributed by atoms with van der Waals surface area (Å²) in [6.45, 7) is 2.03. The molecule has 1 aromatic heterocycles. The largest absolute Gasteiger partial charge is 0.478 e. The summed E-state index contributed by atoms with van der Waals surface area (Å²) >= 11 is 5.25. The van der Waals surface area contributed by atoms with Gasteiger partial charge in [-0.05, 0) is 30.7 Å². The fourth-order valence-electron chi connectivity index (χ4n) is 1.93. The van der Waals surface area contributed by atoms with Crippen molar-refractivity contribution in [3.8, 4) is 0 Å². The molecule has 0 radical (unpaired) electrons. The fraction of sp³-hybridized carbons (Fsp3) is 0.308. The van der Waals surface area contributed by atoms with Gasteiger partial charge in [0.1, 0.15) is 0 Å². The summed E-state index contributed by atoms with van der Waals surface area (Å²) in [6, 6.07) is 5.23. The lowest BCUT2D eigenvalue weighted by Crippen LogP contribution is -1.95. The first-order chi connectivity index (χ1) is 8.63. The van der Waals surface area contributed by atoms with Crippen LogP contribution in [-0.4, -0.2) is 27.1 Å². The van der Waals surface area contributed by atoms with E-state index in [1.165, 1.54) is 5.56 Å². The second-order valence-corrected chi connectivity index (χ2v) is 5.93. The predicted octanol–water partition coefficient (Wildman–Crippen LogP) is 3.80. The molecule has 0 atom stereocenters. The Bertz CT molecular complexity index is 580. The molecule has 1 heterocycles. The number of hydrogen-bond donors (Lipinski definition) is 2. The van der Waals surface area contributed by atoms with Crippen LogP contribution in [0.2, 0.25) is 0 Å². The van der Waals surface area contributed by atoms with Crippen molar-refractivity contribution in [3.05, 3.63) is 35.0 Å². The first kappa shape index (κ1) is 13.5. The normalized spacial score (nSPS) is 11.0. The Labute approximate surface area is 118 Å². The van der Waals surface area contributed by atoms with Crippen LogP contribution in [0.1, 0.15) is 21.6 Å². The van der Waals surface area contributed by atoms with Gasteiger partial charge in [-0.2, -0.15) is 11.8 Å². The zero-order chi connectivity index (χ0) is 13.1. The van der Waals surface area contributed by atoms with Gasteiger partial charge >= 0.3 is 5.97 Å². The van der Waals surface area contributed by atoms with Crippen LogP contribution < -0.4 is 0 Å². The van der Waals surface area contributed by atoms with E-state index in [0.29, 0.717) is 5.56 Å². The molecule has 0 unspecified atom stereocenters. The second-order valence-electron chi connectivity index (χ2n) is 4.04. The van der Waals surface area contributed by atoms with Gasteiger partial charge < -0.3 is 10.1 Å². The lowest BCUT2D eigenvalue weighted by Gasteiger charge is -2.01. The second kappa shape index (κ2) is 5.80. The lowest BCUT2D eigenvalue weighted by molar-refractivity contribution is 0.0697. The fourth-order valence-corrected chi connectivity index (χ4v) is 3.45. The van der Waals surface area contributed by atoms with Gasteiger partial charge in [0.05, 0.1) is 5.56 Å². The minimum atomic E-state index is -0.880. The van der Waals surface area contributed by atoms with E-state index in [9.17, 15) is 4.79 Å². The van der Waals surface area contributed by atoms with E-state index in [1.807, 2.05) is 24.8 Å². The third-order valence-electron chi connectivity index (χ3n) is 2.83. The minimum Gasteiger partial charge on any atom is -0.478 e. The van der Waals surface area contributed by atoms with Gasteiger partial charge in [-0.15, -0.1) is 0 Å². The van der Waals surface area contributed by atoms with Gasteiger partial charge in [0.25, 0.3) is 0 Å². The molecule has 96 valence electrons. The third-order valence-corrected chi connectivity index (χ3v) is 4.74. The molecular formula is C13H14BrNO2S. The number of carboxylic acid groups (broad SMARTS) is 1. The van der Waals surface area contributed by atoms with Crippen molar-refractivity contribution in [2.24, 2.45) is 0 Å². The van der Waals surface area contributed by atoms with Gasteiger partial charge in [0.2, 0.25) is 0 Å². The molecule has 0 saturated carbocycles. The molecule has 0 bridgehead atoms. The average Bonchev–Trinajstić information content (AvgIpc) is 2.65. The van der Waals surface area contributed by atoms with E-state index >= 15 is 0 Å². The number of nitrogens with one attached hydrogen (secondary N) is 1. The van der Waals surface area contributed by atoms with Crippen LogP contribution in [0, 0.1) is 6.92 Å². The Balaban J connectivity index is 2.40. The summed E-state index contributed by atoms with van der Waals surface area (Å²) in [5.41, 5.74) is 3.67. The smallest absolute Gasteiger partial charge is 0.335 e. The summed E-state index contributed by atoms with van der Waals surface area (Å²) in [7, 11) is 0. The van der Waals surface area contributed by atoms with E-state index in [4.69, 9.17) is 5.11 Å². The first-order valence-corrected chi connectivity index (χ1v) is 7.89. The molecule has 0 fully saturated rings. The number of carbonyl (C=O) groups is 1. The van der Waals surface area contributed by atoms with Crippen LogP contribution in [0.5, 0.6) is 0 Å². The number of hydrogen-bond acceptors (Lipinski definition) is 2. The van der Waals surface area contributed by atoms with Crippen molar-refractivity contribution in [1.82, 2.24) is 4.98 Å². The van der Waals surface area contributed by atoms with Crippen LogP contribution in [-0.2, 0) is 5.75 Å². The van der Waals surface area contributed by atoms with Gasteiger partial charge in [-0.1, -0.05) is 15.9 Å². The SMILES string of the molecule is Cc1[nH]c2ccc(C(=O)O)cc2c1CSCCBr. The molecule has 0 aliphatic carbocycles. The highest BCUT2D eigenvalue weighted by molar-refractivity contribution is 9.09. The molecule has 0 amide bonds. The predicted molar refractivity (Wildman–Crippen MR) is 80.0 cm³/mol. The molecule has 18 heavy (non-hydrogen) atoms. The number of aromatic amines is 1. The number of thioether (sulfide) groups is 1. The summed E-state index contributed by atoms with van der Waals surface area (Å²) in [5, 5.41) is 11.0. The molecular weight excluding hydrogens is 314 g/mol. The lowest BCUT2D eigenvalue weighted by atomic mass is 10.1. The zero-order valence-electron chi connectivity index (χ0n) is 10.00. The maximum atomic E-state index is 11.0. The number of benzene rings is 1. The van der Waals surface area contributed by atoms with E-state index in [1.54, 1.807) is 12.1 Å². The number of alkyl halides is 1. The van der Waals surface area contributed by atoms with Crippen molar-refractivity contribution in [2.45, 2.75) is 12.7 Å². The van der Waals surface area contributed by atoms with Gasteiger partial charge in [0, 0.05) is 33.4 Å². The number of fused-ring (bicyclic) bond motifs is 1. The Morgan fingerprint density at radius 2 is 2.28 bits per heavy atom. The Morgan fingerprint density at radius 1 is 1.50 bits per heavy atom. The average molecular weight is 328 g/mol. The number of aromatic carboxylic acids is 1. The molecule has 2 aromatic rings. The van der Waals surface area contributed by atoms with Gasteiger partial charge in [-0.3, -0.25) is 0 Å². The number of aromatic nitrogens is 1. The highest BCUT2D eigenvalue weighted by Gasteiger charge is 2.11. The van der Waals surface area contributed by atoms with E-state index < -0.39 is 5.97 Å². The van der Waals surface area contributed by atoms with Crippen molar-refractivity contribution >= 4 is 44.6 Å². The quantitative estimate of drug-likeness (QED) is 0.648. The van der Waals surface area contributed by atoms with Crippen LogP contribution >= 0.6 is 27.7 Å². The minimum absolute atomic E-state index is 0.341. The molecule has 0 spiro atoms. The Morgan fingerprint density at radius 3 is 2.94 bits per heavy atom. The maximum absolute atomic E-state index is 11.0. The van der Waals surface area contributed by atoms with Crippen LogP contribution in [0.15, 0.2) is 18.2 Å². The molecule has 0 aliphatic rings. The van der Waals surface area contributed by atoms with Gasteiger partial charge in [-0.25, -0.2) is 4.79 Å². The van der Waals surface area contributed by atoms with E-state index in [-0.39, 0.29) is 0 Å². The van der Waals surface area contributed by atoms with Crippen LogP contribution in [0.4, 0.5) is 0 Å². The Hall–Kier alpha value is -0.940. The van der Waals surface area contributed by atoms with Crippen LogP contribution in [0.25, 0.3) is 10.9 Å². The summed E-state index contributed by atoms with van der Waals surface area (Å²) in [5.74, 6) is 1.07. The topological polar surface area (TPSA) is 53.1 Å². The van der Waals surface area contributed by atoms with E-state index in [2.05, 4.69) is 20.9 Å². The van der Waals surface area contributed by atoms with Crippen molar-refractivity contribution in [1.29, 1.82) is 0 Å². The zero-order valence-corrected chi connectivity index (χ0v) is 12.4. The van der Waals surface area contributed by atoms with Crippen molar-refractivity contribution < 1.29 is 9.90 Å². The molecule has 2 rings (SSSR count). The number of aryl methyl sites for hydroxylation is 1. The number of carboxylic acids is 1. The van der Waals surface area contributed by atoms with Crippen molar-refractivity contribution in [3.63, 3.8) is 0 Å². The summed E-state index contributed by atoms with van der Waals surface area (Å²) in [4.78, 5) is 14.3. The molecule has 5 heteroatoms. The van der Waals surface area contributed by atoms with Crippen molar-refractivity contribution in [2.75, 3.05) is 11.1 Å². The summed E-state index contributed by atoms with van der Waals surface area (Å²) in [6.07, 6.45) is 0. The van der Waals surface area contributed by atoms with Crippen LogP contribution in [0.3, 0.4) is 0 Å². The molecule has 3 nitrogen and oxygen atoms in total. The number of rotatable bonds is 5. The van der Waals surface area contributed by atoms with E-state index in [0.717, 1.165) is 33.4 Å².